The van der Waals surface area contributed by atoms with E-state index >= 15 is 0 Å². The molecule has 5 aromatic rings. The van der Waals surface area contributed by atoms with Crippen LogP contribution in [0.5, 0.6) is 11.5 Å². The molecular weight excluding hydrogens is 643 g/mol. The van der Waals surface area contributed by atoms with Crippen molar-refractivity contribution in [3.8, 4) is 11.5 Å². The molecule has 48 heavy (non-hydrogen) atoms. The Bertz CT molecular complexity index is 1950. The molecule has 1 heterocycles. The molecule has 0 unspecified atom stereocenters. The molecule has 0 radical (unpaired) electrons. The minimum absolute atomic E-state index is 0.0247. The van der Waals surface area contributed by atoms with Crippen LogP contribution in [0.2, 0.25) is 0 Å². The first kappa shape index (κ1) is 32.5. The van der Waals surface area contributed by atoms with Gasteiger partial charge in [-0.3, -0.25) is 19.3 Å². The van der Waals surface area contributed by atoms with E-state index in [1.54, 1.807) is 84.4 Å². The van der Waals surface area contributed by atoms with Gasteiger partial charge in [0.2, 0.25) is 5.91 Å². The first-order valence-corrected chi connectivity index (χ1v) is 16.8. The standard InChI is InChI=1S/C38H31N3O5S2/c1-45-28-19-16-26(33(23-28)46-2)22-30(40-37(43)25-10-4-3-5-11-25)38(44)39-27-17-20-29(21-18-27)47-24-36(42)41-31-12-6-8-14-34(31)48-35-15-9-7-13-32(35)41/h3-23H,24H2,1-2H3,(H,39,44)(H,40,43)/b30-22-. The maximum atomic E-state index is 13.6. The molecule has 0 spiro atoms. The molecule has 0 fully saturated rings. The zero-order valence-electron chi connectivity index (χ0n) is 26.1. The number of amides is 3. The van der Waals surface area contributed by atoms with Crippen molar-refractivity contribution in [3.05, 3.63) is 138 Å². The summed E-state index contributed by atoms with van der Waals surface area (Å²) in [5.41, 5.74) is 3.28. The number of nitrogens with zero attached hydrogens (tertiary/aromatic N) is 1. The number of methoxy groups -OCH3 is 2. The van der Waals surface area contributed by atoms with Gasteiger partial charge in [0, 0.05) is 37.6 Å². The minimum Gasteiger partial charge on any atom is -0.497 e. The number of hydrogen-bond acceptors (Lipinski definition) is 7. The Morgan fingerprint density at radius 2 is 1.42 bits per heavy atom. The van der Waals surface area contributed by atoms with Crippen LogP contribution in [0.15, 0.2) is 142 Å². The first-order chi connectivity index (χ1) is 23.4. The van der Waals surface area contributed by atoms with Gasteiger partial charge in [0.05, 0.1) is 31.3 Å². The van der Waals surface area contributed by atoms with Crippen LogP contribution in [-0.4, -0.2) is 37.7 Å². The van der Waals surface area contributed by atoms with E-state index in [4.69, 9.17) is 9.47 Å². The fourth-order valence-electron chi connectivity index (χ4n) is 5.05. The third-order valence-corrected chi connectivity index (χ3v) is 9.55. The number of carbonyl (C=O) groups is 3. The Morgan fingerprint density at radius 3 is 2.06 bits per heavy atom. The normalized spacial score (nSPS) is 12.0. The molecule has 1 aliphatic heterocycles. The molecule has 240 valence electrons. The SMILES string of the molecule is COc1ccc(/C=C(\NC(=O)c2ccccc2)C(=O)Nc2ccc(SCC(=O)N3c4ccccc4Sc4ccccc43)cc2)c(OC)c1. The average Bonchev–Trinajstić information content (AvgIpc) is 3.13. The van der Waals surface area contributed by atoms with Crippen molar-refractivity contribution >= 4 is 64.4 Å². The lowest BCUT2D eigenvalue weighted by molar-refractivity contribution is -0.115. The quantitative estimate of drug-likeness (QED) is 0.114. The molecule has 1 aliphatic rings. The van der Waals surface area contributed by atoms with Gasteiger partial charge >= 0.3 is 0 Å². The van der Waals surface area contributed by atoms with E-state index < -0.39 is 11.8 Å². The van der Waals surface area contributed by atoms with Crippen LogP contribution in [0.4, 0.5) is 17.1 Å². The molecule has 6 rings (SSSR count). The van der Waals surface area contributed by atoms with Crippen molar-refractivity contribution in [2.45, 2.75) is 14.7 Å². The highest BCUT2D eigenvalue weighted by Gasteiger charge is 2.27. The minimum atomic E-state index is -0.520. The summed E-state index contributed by atoms with van der Waals surface area (Å²) >= 11 is 3.08. The Morgan fingerprint density at radius 1 is 0.771 bits per heavy atom. The molecule has 8 nitrogen and oxygen atoms in total. The van der Waals surface area contributed by atoms with Crippen LogP contribution in [0.3, 0.4) is 0 Å². The number of hydrogen-bond donors (Lipinski definition) is 2. The summed E-state index contributed by atoms with van der Waals surface area (Å²) in [6, 6.07) is 36.9. The predicted octanol–water partition coefficient (Wildman–Crippen LogP) is 8.04. The van der Waals surface area contributed by atoms with Crippen molar-refractivity contribution in [1.82, 2.24) is 5.32 Å². The number of carbonyl (C=O) groups excluding carboxylic acids is 3. The molecule has 0 aliphatic carbocycles. The molecule has 0 bridgehead atoms. The van der Waals surface area contributed by atoms with Gasteiger partial charge in [0.15, 0.2) is 0 Å². The number of para-hydroxylation sites is 2. The van der Waals surface area contributed by atoms with E-state index in [9.17, 15) is 14.4 Å². The van der Waals surface area contributed by atoms with E-state index in [0.717, 1.165) is 26.1 Å². The third-order valence-electron chi connectivity index (χ3n) is 7.43. The molecule has 0 aromatic heterocycles. The maximum absolute atomic E-state index is 13.6. The summed E-state index contributed by atoms with van der Waals surface area (Å²) in [7, 11) is 3.07. The number of rotatable bonds is 10. The average molecular weight is 674 g/mol. The van der Waals surface area contributed by atoms with Crippen molar-refractivity contribution in [2.75, 3.05) is 30.2 Å². The van der Waals surface area contributed by atoms with Gasteiger partial charge in [0.25, 0.3) is 11.8 Å². The number of nitrogens with one attached hydrogen (secondary N) is 2. The Kier molecular flexibility index (Phi) is 10.1. The molecule has 0 saturated heterocycles. The molecule has 0 saturated carbocycles. The van der Waals surface area contributed by atoms with Gasteiger partial charge in [-0.15, -0.1) is 11.8 Å². The van der Waals surface area contributed by atoms with Crippen LogP contribution < -0.4 is 25.0 Å². The summed E-state index contributed by atoms with van der Waals surface area (Å²) in [4.78, 5) is 44.9. The number of anilines is 3. The fraction of sp³-hybridized carbons (Fsp3) is 0.0789. The van der Waals surface area contributed by atoms with Gasteiger partial charge in [-0.05, 0) is 78.9 Å². The van der Waals surface area contributed by atoms with Crippen LogP contribution >= 0.6 is 23.5 Å². The lowest BCUT2D eigenvalue weighted by atomic mass is 10.1. The number of fused-ring (bicyclic) bond motifs is 2. The van der Waals surface area contributed by atoms with Crippen molar-refractivity contribution in [3.63, 3.8) is 0 Å². The molecular formula is C38H31N3O5S2. The molecule has 0 atom stereocenters. The second-order valence-corrected chi connectivity index (χ2v) is 12.7. The summed E-state index contributed by atoms with van der Waals surface area (Å²) in [6.45, 7) is 0. The van der Waals surface area contributed by atoms with E-state index in [2.05, 4.69) is 10.6 Å². The molecule has 2 N–H and O–H groups in total. The number of thioether (sulfide) groups is 1. The van der Waals surface area contributed by atoms with Crippen LogP contribution in [-0.2, 0) is 9.59 Å². The lowest BCUT2D eigenvalue weighted by Crippen LogP contribution is -2.30. The van der Waals surface area contributed by atoms with Crippen molar-refractivity contribution < 1.29 is 23.9 Å². The van der Waals surface area contributed by atoms with Crippen LogP contribution in [0.25, 0.3) is 6.08 Å². The smallest absolute Gasteiger partial charge is 0.272 e. The Hall–Kier alpha value is -5.45. The monoisotopic (exact) mass is 673 g/mol. The van der Waals surface area contributed by atoms with Crippen LogP contribution in [0, 0.1) is 0 Å². The molecule has 10 heteroatoms. The summed E-state index contributed by atoms with van der Waals surface area (Å²) < 4.78 is 10.8. The second-order valence-electron chi connectivity index (χ2n) is 10.5. The summed E-state index contributed by atoms with van der Waals surface area (Å²) in [6.07, 6.45) is 1.56. The topological polar surface area (TPSA) is 97.0 Å². The highest BCUT2D eigenvalue weighted by molar-refractivity contribution is 8.00. The van der Waals surface area contributed by atoms with E-state index in [0.29, 0.717) is 28.3 Å². The summed E-state index contributed by atoms with van der Waals surface area (Å²) in [5, 5.41) is 5.62. The Balaban J connectivity index is 1.16. The largest absolute Gasteiger partial charge is 0.497 e. The zero-order valence-corrected chi connectivity index (χ0v) is 27.8. The third kappa shape index (κ3) is 7.41. The van der Waals surface area contributed by atoms with Crippen LogP contribution in [0.1, 0.15) is 15.9 Å². The van der Waals surface area contributed by atoms with E-state index in [1.165, 1.54) is 18.9 Å². The second kappa shape index (κ2) is 15.0. The first-order valence-electron chi connectivity index (χ1n) is 15.0. The van der Waals surface area contributed by atoms with Gasteiger partial charge < -0.3 is 20.1 Å². The number of ether oxygens (including phenoxy) is 2. The summed E-state index contributed by atoms with van der Waals surface area (Å²) in [5.74, 6) is 0.301. The van der Waals surface area contributed by atoms with Gasteiger partial charge in [-0.25, -0.2) is 0 Å². The van der Waals surface area contributed by atoms with Gasteiger partial charge in [-0.2, -0.15) is 0 Å². The van der Waals surface area contributed by atoms with Crippen molar-refractivity contribution in [2.24, 2.45) is 0 Å². The molecule has 5 aromatic carbocycles. The fourth-order valence-corrected chi connectivity index (χ4v) is 6.86. The molecule has 3 amide bonds. The predicted molar refractivity (Wildman–Crippen MR) is 191 cm³/mol. The van der Waals surface area contributed by atoms with Gasteiger partial charge in [-0.1, -0.05) is 54.2 Å². The highest BCUT2D eigenvalue weighted by Crippen LogP contribution is 2.48. The van der Waals surface area contributed by atoms with Crippen molar-refractivity contribution in [1.29, 1.82) is 0 Å². The zero-order chi connectivity index (χ0) is 33.5. The number of benzene rings is 5. The maximum Gasteiger partial charge on any atom is 0.272 e. The van der Waals surface area contributed by atoms with E-state index in [1.807, 2.05) is 66.7 Å². The Labute approximate surface area is 287 Å². The lowest BCUT2D eigenvalue weighted by Gasteiger charge is -2.31. The van der Waals surface area contributed by atoms with E-state index in [-0.39, 0.29) is 17.4 Å². The highest BCUT2D eigenvalue weighted by atomic mass is 32.2. The van der Waals surface area contributed by atoms with Gasteiger partial charge in [0.1, 0.15) is 17.2 Å².